The van der Waals surface area contributed by atoms with Crippen LogP contribution in [0.2, 0.25) is 0 Å². The Balaban J connectivity index is 1.44. The summed E-state index contributed by atoms with van der Waals surface area (Å²) in [4.78, 5) is 1.19. The molecule has 2 heterocycles. The second-order valence-electron chi connectivity index (χ2n) is 5.23. The van der Waals surface area contributed by atoms with E-state index in [-0.39, 0.29) is 0 Å². The standard InChI is InChI=1S/C15H25NO3S/c17-13(11-18-12-15-5-3-9-20-15)10-16-7-6-14-4-1-2-8-19-14/h3,5,9,13-14,16-17H,1-2,4,6-8,10-12H2. The molecule has 1 aliphatic heterocycles. The number of hydrogen-bond acceptors (Lipinski definition) is 5. The fourth-order valence-corrected chi connectivity index (χ4v) is 2.96. The molecule has 5 heteroatoms. The highest BCUT2D eigenvalue weighted by atomic mass is 32.1. The predicted octanol–water partition coefficient (Wildman–Crippen LogP) is 2.17. The van der Waals surface area contributed by atoms with Gasteiger partial charge in [0, 0.05) is 18.0 Å². The van der Waals surface area contributed by atoms with Gasteiger partial charge in [-0.15, -0.1) is 11.3 Å². The van der Waals surface area contributed by atoms with Gasteiger partial charge in [-0.05, 0) is 43.7 Å². The Morgan fingerprint density at radius 2 is 2.45 bits per heavy atom. The van der Waals surface area contributed by atoms with Crippen molar-refractivity contribution in [1.29, 1.82) is 0 Å². The highest BCUT2D eigenvalue weighted by Gasteiger charge is 2.13. The molecule has 4 nitrogen and oxygen atoms in total. The number of nitrogens with one attached hydrogen (secondary N) is 1. The van der Waals surface area contributed by atoms with Crippen molar-refractivity contribution < 1.29 is 14.6 Å². The van der Waals surface area contributed by atoms with Gasteiger partial charge in [-0.1, -0.05) is 6.07 Å². The van der Waals surface area contributed by atoms with Crippen molar-refractivity contribution in [3.63, 3.8) is 0 Å². The van der Waals surface area contributed by atoms with E-state index in [1.54, 1.807) is 11.3 Å². The summed E-state index contributed by atoms with van der Waals surface area (Å²) < 4.78 is 11.1. The highest BCUT2D eigenvalue weighted by molar-refractivity contribution is 7.09. The van der Waals surface area contributed by atoms with Crippen molar-refractivity contribution in [2.75, 3.05) is 26.3 Å². The fourth-order valence-electron chi connectivity index (χ4n) is 2.32. The first kappa shape index (κ1) is 15.9. The van der Waals surface area contributed by atoms with Gasteiger partial charge in [-0.25, -0.2) is 0 Å². The minimum atomic E-state index is -0.442. The van der Waals surface area contributed by atoms with Gasteiger partial charge < -0.3 is 19.9 Å². The van der Waals surface area contributed by atoms with E-state index in [1.807, 2.05) is 17.5 Å². The van der Waals surface area contributed by atoms with E-state index in [4.69, 9.17) is 9.47 Å². The summed E-state index contributed by atoms with van der Waals surface area (Å²) in [5.74, 6) is 0. The van der Waals surface area contributed by atoms with E-state index in [0.29, 0.717) is 25.9 Å². The first-order valence-corrected chi connectivity index (χ1v) is 8.33. The summed E-state index contributed by atoms with van der Waals surface area (Å²) in [5.41, 5.74) is 0. The highest BCUT2D eigenvalue weighted by Crippen LogP contribution is 2.14. The summed E-state index contributed by atoms with van der Waals surface area (Å²) in [7, 11) is 0. The maximum absolute atomic E-state index is 9.80. The van der Waals surface area contributed by atoms with Crippen molar-refractivity contribution in [2.45, 2.75) is 44.5 Å². The Kier molecular flexibility index (Phi) is 7.54. The summed E-state index contributed by atoms with van der Waals surface area (Å²) in [6.45, 7) is 3.35. The van der Waals surface area contributed by atoms with Crippen LogP contribution in [0.3, 0.4) is 0 Å². The Hall–Kier alpha value is -0.460. The summed E-state index contributed by atoms with van der Waals surface area (Å²) in [5, 5.41) is 15.1. The second-order valence-corrected chi connectivity index (χ2v) is 6.26. The number of ether oxygens (including phenoxy) is 2. The molecular formula is C15H25NO3S. The van der Waals surface area contributed by atoms with Crippen molar-refractivity contribution in [3.8, 4) is 0 Å². The molecule has 0 bridgehead atoms. The van der Waals surface area contributed by atoms with Crippen LogP contribution >= 0.6 is 11.3 Å². The van der Waals surface area contributed by atoms with Gasteiger partial charge in [-0.2, -0.15) is 0 Å². The van der Waals surface area contributed by atoms with Crippen molar-refractivity contribution in [3.05, 3.63) is 22.4 Å². The minimum absolute atomic E-state index is 0.380. The lowest BCUT2D eigenvalue weighted by Gasteiger charge is -2.22. The summed E-state index contributed by atoms with van der Waals surface area (Å²) in [6, 6.07) is 4.05. The van der Waals surface area contributed by atoms with E-state index in [2.05, 4.69) is 5.32 Å². The Bertz CT molecular complexity index is 339. The average Bonchev–Trinajstić information content (AvgIpc) is 2.98. The van der Waals surface area contributed by atoms with E-state index in [0.717, 1.165) is 19.6 Å². The molecule has 114 valence electrons. The van der Waals surface area contributed by atoms with E-state index >= 15 is 0 Å². The predicted molar refractivity (Wildman–Crippen MR) is 81.1 cm³/mol. The van der Waals surface area contributed by atoms with Gasteiger partial charge >= 0.3 is 0 Å². The third-order valence-electron chi connectivity index (χ3n) is 3.43. The first-order valence-electron chi connectivity index (χ1n) is 7.45. The van der Waals surface area contributed by atoms with Crippen LogP contribution in [0.15, 0.2) is 17.5 Å². The van der Waals surface area contributed by atoms with Crippen LogP contribution in [0.1, 0.15) is 30.6 Å². The molecule has 1 aromatic heterocycles. The smallest absolute Gasteiger partial charge is 0.0897 e. The minimum Gasteiger partial charge on any atom is -0.389 e. The molecule has 2 unspecified atom stereocenters. The third kappa shape index (κ3) is 6.33. The Morgan fingerprint density at radius 3 is 3.20 bits per heavy atom. The molecule has 2 N–H and O–H groups in total. The van der Waals surface area contributed by atoms with Gasteiger partial charge in [0.1, 0.15) is 0 Å². The second kappa shape index (κ2) is 9.47. The fraction of sp³-hybridized carbons (Fsp3) is 0.733. The SMILES string of the molecule is OC(CNCCC1CCCCO1)COCc1cccs1. The topological polar surface area (TPSA) is 50.7 Å². The van der Waals surface area contributed by atoms with Crippen LogP contribution in [0.5, 0.6) is 0 Å². The Labute approximate surface area is 125 Å². The molecular weight excluding hydrogens is 274 g/mol. The van der Waals surface area contributed by atoms with Crippen LogP contribution in [0.25, 0.3) is 0 Å². The molecule has 2 atom stereocenters. The van der Waals surface area contributed by atoms with Crippen molar-refractivity contribution in [2.24, 2.45) is 0 Å². The quantitative estimate of drug-likeness (QED) is 0.686. The van der Waals surface area contributed by atoms with E-state index in [1.165, 1.54) is 24.1 Å². The number of aliphatic hydroxyl groups excluding tert-OH is 1. The third-order valence-corrected chi connectivity index (χ3v) is 4.28. The lowest BCUT2D eigenvalue weighted by molar-refractivity contribution is 0.00909. The monoisotopic (exact) mass is 299 g/mol. The first-order chi connectivity index (χ1) is 9.84. The molecule has 1 aromatic rings. The zero-order valence-corrected chi connectivity index (χ0v) is 12.7. The maximum atomic E-state index is 9.80. The van der Waals surface area contributed by atoms with Crippen LogP contribution in [0, 0.1) is 0 Å². The molecule has 0 amide bonds. The molecule has 1 saturated heterocycles. The van der Waals surface area contributed by atoms with Crippen LogP contribution in [-0.2, 0) is 16.1 Å². The molecule has 2 rings (SSSR count). The molecule has 0 saturated carbocycles. The normalized spacial score (nSPS) is 20.9. The van der Waals surface area contributed by atoms with Crippen molar-refractivity contribution >= 4 is 11.3 Å². The lowest BCUT2D eigenvalue weighted by Crippen LogP contribution is -2.33. The summed E-state index contributed by atoms with van der Waals surface area (Å²) >= 11 is 1.68. The zero-order chi connectivity index (χ0) is 14.0. The van der Waals surface area contributed by atoms with Gasteiger partial charge in [0.15, 0.2) is 0 Å². The maximum Gasteiger partial charge on any atom is 0.0897 e. The average molecular weight is 299 g/mol. The van der Waals surface area contributed by atoms with Gasteiger partial charge in [0.05, 0.1) is 25.4 Å². The number of aliphatic hydroxyl groups is 1. The molecule has 0 radical (unpaired) electrons. The number of thiophene rings is 1. The van der Waals surface area contributed by atoms with Crippen LogP contribution in [-0.4, -0.2) is 43.6 Å². The number of hydrogen-bond donors (Lipinski definition) is 2. The Morgan fingerprint density at radius 1 is 1.50 bits per heavy atom. The molecule has 0 aromatic carbocycles. The van der Waals surface area contributed by atoms with Gasteiger partial charge in [0.25, 0.3) is 0 Å². The largest absolute Gasteiger partial charge is 0.389 e. The number of rotatable bonds is 9. The molecule has 20 heavy (non-hydrogen) atoms. The molecule has 1 aliphatic rings. The summed E-state index contributed by atoms with van der Waals surface area (Å²) in [6.07, 6.45) is 4.65. The molecule has 0 aliphatic carbocycles. The van der Waals surface area contributed by atoms with Crippen LogP contribution in [0.4, 0.5) is 0 Å². The van der Waals surface area contributed by atoms with E-state index < -0.39 is 6.10 Å². The molecule has 1 fully saturated rings. The van der Waals surface area contributed by atoms with Crippen LogP contribution < -0.4 is 5.32 Å². The van der Waals surface area contributed by atoms with Gasteiger partial charge in [0.2, 0.25) is 0 Å². The molecule has 0 spiro atoms. The zero-order valence-electron chi connectivity index (χ0n) is 11.9. The van der Waals surface area contributed by atoms with Gasteiger partial charge in [-0.3, -0.25) is 0 Å². The van der Waals surface area contributed by atoms with Crippen molar-refractivity contribution in [1.82, 2.24) is 5.32 Å². The van der Waals surface area contributed by atoms with E-state index in [9.17, 15) is 5.11 Å². The lowest BCUT2D eigenvalue weighted by atomic mass is 10.1.